The smallest absolute Gasteiger partial charge is 0.128 e. The van der Waals surface area contributed by atoms with E-state index in [1.165, 1.54) is 171 Å². The Morgan fingerprint density at radius 1 is 0.529 bits per heavy atom. The number of thiazole rings is 3. The highest BCUT2D eigenvalue weighted by atomic mass is 32.1. The molecule has 2 aliphatic carbocycles. The van der Waals surface area contributed by atoms with Crippen molar-refractivity contribution < 1.29 is 4.74 Å². The maximum atomic E-state index is 5.58. The van der Waals surface area contributed by atoms with Gasteiger partial charge in [-0.3, -0.25) is 4.90 Å². The number of unbranched alkanes of at least 4 members (excludes halogenated alkanes) is 4. The summed E-state index contributed by atoms with van der Waals surface area (Å²) < 4.78 is 5.58. The van der Waals surface area contributed by atoms with Gasteiger partial charge in [0.25, 0.3) is 0 Å². The highest BCUT2D eigenvalue weighted by Gasteiger charge is 2.28. The van der Waals surface area contributed by atoms with E-state index in [1.807, 2.05) is 40.9 Å². The summed E-state index contributed by atoms with van der Waals surface area (Å²) in [5.74, 6) is 1.60. The zero-order valence-electron chi connectivity index (χ0n) is 52.7. The first kappa shape index (κ1) is 65.5. The Hall–Kier alpha value is -5.49. The first-order valence-electron chi connectivity index (χ1n) is 32.9. The molecule has 3 heterocycles. The molecule has 85 heavy (non-hydrogen) atoms. The van der Waals surface area contributed by atoms with Crippen LogP contribution in [0.1, 0.15) is 212 Å². The summed E-state index contributed by atoms with van der Waals surface area (Å²) in [7, 11) is 1.71. The Labute approximate surface area is 525 Å². The maximum absolute atomic E-state index is 5.58. The largest absolute Gasteiger partial charge is 0.496 e. The molecule has 2 N–H and O–H groups in total. The van der Waals surface area contributed by atoms with Crippen molar-refractivity contribution in [3.8, 4) is 39.5 Å². The number of aryl methyl sites for hydroxylation is 4. The summed E-state index contributed by atoms with van der Waals surface area (Å²) in [5, 5.41) is 17.8. The van der Waals surface area contributed by atoms with E-state index in [4.69, 9.17) is 19.7 Å². The predicted molar refractivity (Wildman–Crippen MR) is 368 cm³/mol. The fraction of sp³-hybridized carbons (Fsp3) is 0.480. The van der Waals surface area contributed by atoms with Gasteiger partial charge in [-0.2, -0.15) is 0 Å². The minimum absolute atomic E-state index is 0.0230. The summed E-state index contributed by atoms with van der Waals surface area (Å²) in [6, 6.07) is 45.0. The minimum atomic E-state index is -0.0230. The first-order chi connectivity index (χ1) is 41.8. The third-order valence-corrected chi connectivity index (χ3v) is 19.9. The number of nitrogens with zero attached hydrogens (tertiary/aromatic N) is 4. The molecule has 0 aliphatic heterocycles. The Morgan fingerprint density at radius 3 is 1.66 bits per heavy atom. The van der Waals surface area contributed by atoms with Crippen molar-refractivity contribution in [2.24, 2.45) is 5.92 Å². The van der Waals surface area contributed by atoms with Crippen molar-refractivity contribution in [1.82, 2.24) is 25.2 Å². The van der Waals surface area contributed by atoms with Gasteiger partial charge in [0.15, 0.2) is 0 Å². The number of ether oxygens (including phenoxy) is 1. The molecule has 0 saturated heterocycles. The van der Waals surface area contributed by atoms with E-state index in [1.54, 1.807) is 18.4 Å². The van der Waals surface area contributed by atoms with E-state index >= 15 is 0 Å². The highest BCUT2D eigenvalue weighted by molar-refractivity contribution is 7.10. The lowest BCUT2D eigenvalue weighted by molar-refractivity contribution is 0.146. The Morgan fingerprint density at radius 2 is 1.06 bits per heavy atom. The number of hydrogen-bond donors (Lipinski definition) is 2. The van der Waals surface area contributed by atoms with E-state index in [2.05, 4.69) is 176 Å². The van der Waals surface area contributed by atoms with E-state index < -0.39 is 0 Å². The van der Waals surface area contributed by atoms with Crippen LogP contribution in [0.25, 0.3) is 33.8 Å². The molecule has 0 amide bonds. The normalized spacial score (nSPS) is 14.5. The van der Waals surface area contributed by atoms with Gasteiger partial charge in [-0.1, -0.05) is 203 Å². The molecule has 7 nitrogen and oxygen atoms in total. The van der Waals surface area contributed by atoms with Crippen LogP contribution < -0.4 is 15.4 Å². The molecule has 3 aromatic heterocycles. The monoisotopic (exact) mass is 1200 g/mol. The molecule has 10 heteroatoms. The molecular formula is C75H100N6OS3. The third kappa shape index (κ3) is 20.0. The zero-order valence-corrected chi connectivity index (χ0v) is 55.1. The zero-order chi connectivity index (χ0) is 59.4. The Balaban J connectivity index is 0.000000170. The number of nitrogens with one attached hydrogen (secondary N) is 2. The molecule has 2 aliphatic rings. The number of rotatable bonds is 28. The average Bonchev–Trinajstić information content (AvgIpc) is 4.55. The van der Waals surface area contributed by atoms with Gasteiger partial charge < -0.3 is 15.4 Å². The first-order valence-corrected chi connectivity index (χ1v) is 35.6. The number of aromatic nitrogens is 3. The molecule has 2 fully saturated rings. The molecular weight excluding hydrogens is 1100 g/mol. The quantitative estimate of drug-likeness (QED) is 0.0473. The molecule has 2 unspecified atom stereocenters. The average molecular weight is 1200 g/mol. The van der Waals surface area contributed by atoms with Crippen LogP contribution in [0.15, 0.2) is 137 Å². The van der Waals surface area contributed by atoms with E-state index in [0.717, 1.165) is 89.8 Å². The standard InChI is InChI=1S/C31H36N2OS.2C22H32N2S/c1-4-6-10-23-14-18-25(19-15-23)30(32-26-20-16-24(17-21-26)11-7-5-2)31-33-28(22-35-31)27-12-8-9-13-29(27)34-3;1-3-5-15-24(20-9-7-6-8-10-20)16-22-23-21(17-25-22)19-13-11-18(4-2)12-14-19;1-3-5-15-23-21(19-9-7-6-8-10-19)22-24-20(16-25-22)18-13-11-17(4-2)12-14-18/h8-9,12-22,30,32H,4-7,10-11H2,1-3H3;11-14,17,20H,3-10,15-16H2,1-2H3;11-14,16,19,21,23H,3-10,15H2,1-2H3. The second-order valence-electron chi connectivity index (χ2n) is 23.6. The van der Waals surface area contributed by atoms with Crippen molar-refractivity contribution in [3.05, 3.63) is 180 Å². The van der Waals surface area contributed by atoms with Crippen molar-refractivity contribution in [2.75, 3.05) is 25.5 Å². The third-order valence-electron chi connectivity index (χ3n) is 17.3. The molecule has 10 rings (SSSR count). The number of anilines is 1. The summed E-state index contributed by atoms with van der Waals surface area (Å²) in [5.41, 5.74) is 14.6. The molecule has 0 radical (unpaired) electrons. The second kappa shape index (κ2) is 36.0. The van der Waals surface area contributed by atoms with E-state index in [0.29, 0.717) is 6.04 Å². The molecule has 8 aromatic rings. The van der Waals surface area contributed by atoms with Crippen molar-refractivity contribution in [3.63, 3.8) is 0 Å². The predicted octanol–water partition coefficient (Wildman–Crippen LogP) is 21.4. The summed E-state index contributed by atoms with van der Waals surface area (Å²) in [6.07, 6.45) is 28.3. The van der Waals surface area contributed by atoms with Crippen LogP contribution in [0.5, 0.6) is 5.75 Å². The fourth-order valence-corrected chi connectivity index (χ4v) is 14.6. The highest BCUT2D eigenvalue weighted by Crippen LogP contribution is 2.39. The lowest BCUT2D eigenvalue weighted by Crippen LogP contribution is -2.37. The molecule has 2 saturated carbocycles. The van der Waals surface area contributed by atoms with Gasteiger partial charge in [-0.15, -0.1) is 34.0 Å². The molecule has 2 atom stereocenters. The van der Waals surface area contributed by atoms with Crippen LogP contribution in [0.2, 0.25) is 0 Å². The van der Waals surface area contributed by atoms with Gasteiger partial charge in [-0.05, 0) is 148 Å². The lowest BCUT2D eigenvalue weighted by Gasteiger charge is -2.33. The van der Waals surface area contributed by atoms with Crippen molar-refractivity contribution >= 4 is 39.7 Å². The number of para-hydroxylation sites is 1. The van der Waals surface area contributed by atoms with Crippen LogP contribution in [0.4, 0.5) is 5.69 Å². The molecule has 0 spiro atoms. The molecule has 0 bridgehead atoms. The minimum Gasteiger partial charge on any atom is -0.496 e. The topological polar surface area (TPSA) is 75.2 Å². The second-order valence-corrected chi connectivity index (χ2v) is 26.3. The maximum Gasteiger partial charge on any atom is 0.128 e. The van der Waals surface area contributed by atoms with Crippen molar-refractivity contribution in [1.29, 1.82) is 0 Å². The number of benzene rings is 5. The summed E-state index contributed by atoms with van der Waals surface area (Å²) in [6.45, 7) is 16.8. The number of methoxy groups -OCH3 is 1. The van der Waals surface area contributed by atoms with Gasteiger partial charge in [0.2, 0.25) is 0 Å². The van der Waals surface area contributed by atoms with Gasteiger partial charge in [-0.25, -0.2) is 15.0 Å². The molecule has 454 valence electrons. The lowest BCUT2D eigenvalue weighted by atomic mass is 9.84. The van der Waals surface area contributed by atoms with Gasteiger partial charge in [0.05, 0.1) is 36.8 Å². The van der Waals surface area contributed by atoms with Crippen LogP contribution in [0, 0.1) is 5.92 Å². The van der Waals surface area contributed by atoms with Crippen LogP contribution >= 0.6 is 34.0 Å². The SMILES string of the molecule is CCCCN(Cc1nc(-c2ccc(CC)cc2)cs1)C1CCCCC1.CCCCNC(c1nc(-c2ccc(CC)cc2)cs1)C1CCCCC1.CCCCc1ccc(NC(c2ccc(CCCC)cc2)c2nc(-c3ccccc3OC)cs2)cc1. The van der Waals surface area contributed by atoms with E-state index in [-0.39, 0.29) is 6.04 Å². The van der Waals surface area contributed by atoms with Crippen LogP contribution in [-0.2, 0) is 32.2 Å². The van der Waals surface area contributed by atoms with Crippen LogP contribution in [0.3, 0.4) is 0 Å². The van der Waals surface area contributed by atoms with Crippen molar-refractivity contribution in [2.45, 2.75) is 207 Å². The van der Waals surface area contributed by atoms with Gasteiger partial charge >= 0.3 is 0 Å². The van der Waals surface area contributed by atoms with Gasteiger partial charge in [0.1, 0.15) is 26.8 Å². The van der Waals surface area contributed by atoms with E-state index in [9.17, 15) is 0 Å². The molecule has 5 aromatic carbocycles. The summed E-state index contributed by atoms with van der Waals surface area (Å²) in [4.78, 5) is 17.8. The van der Waals surface area contributed by atoms with Crippen LogP contribution in [-0.4, -0.2) is 46.1 Å². The summed E-state index contributed by atoms with van der Waals surface area (Å²) >= 11 is 5.36. The Bertz CT molecular complexity index is 3080. The Kier molecular flexibility index (Phi) is 27.7. The van der Waals surface area contributed by atoms with Gasteiger partial charge in [0, 0.05) is 44.6 Å². The number of hydrogen-bond acceptors (Lipinski definition) is 10. The fourth-order valence-electron chi connectivity index (χ4n) is 11.9.